The molecule has 0 spiro atoms. The molecule has 0 aliphatic carbocycles. The number of benzene rings is 1. The van der Waals surface area contributed by atoms with Gasteiger partial charge in [-0.3, -0.25) is 25.0 Å². The number of anilines is 1. The number of thiazole rings is 2. The molecule has 0 saturated carbocycles. The number of carbonyl (C=O) groups excluding carboxylic acids is 2. The minimum absolute atomic E-state index is 0.0761. The Morgan fingerprint density at radius 3 is 2.81 bits per heavy atom. The summed E-state index contributed by atoms with van der Waals surface area (Å²) in [7, 11) is 0. The fourth-order valence-electron chi connectivity index (χ4n) is 2.02. The van der Waals surface area contributed by atoms with Crippen molar-refractivity contribution in [2.45, 2.75) is 12.8 Å². The van der Waals surface area contributed by atoms with E-state index >= 15 is 0 Å². The lowest BCUT2D eigenvalue weighted by Crippen LogP contribution is -2.20. The van der Waals surface area contributed by atoms with E-state index in [9.17, 15) is 19.7 Å². The van der Waals surface area contributed by atoms with Crippen LogP contribution in [0, 0.1) is 10.1 Å². The van der Waals surface area contributed by atoms with E-state index in [4.69, 9.17) is 4.74 Å². The molecule has 0 saturated heterocycles. The fraction of sp³-hybridized carbons (Fsp3) is 0.200. The average molecular weight is 392 g/mol. The molecule has 0 unspecified atom stereocenters. The summed E-state index contributed by atoms with van der Waals surface area (Å²) in [6.45, 7) is -0.480. The molecule has 0 atom stereocenters. The molecule has 0 aliphatic rings. The van der Waals surface area contributed by atoms with Crippen molar-refractivity contribution in [3.8, 4) is 0 Å². The first kappa shape index (κ1) is 17.9. The normalized spacial score (nSPS) is 10.6. The summed E-state index contributed by atoms with van der Waals surface area (Å²) < 4.78 is 5.94. The molecule has 3 rings (SSSR count). The van der Waals surface area contributed by atoms with Crippen LogP contribution in [0.2, 0.25) is 0 Å². The zero-order valence-corrected chi connectivity index (χ0v) is 14.8. The Balaban J connectivity index is 1.42. The maximum Gasteiger partial charge on any atom is 0.345 e. The van der Waals surface area contributed by atoms with Gasteiger partial charge in [0.25, 0.3) is 5.91 Å². The average Bonchev–Trinajstić information content (AvgIpc) is 3.24. The predicted molar refractivity (Wildman–Crippen MR) is 96.3 cm³/mol. The molecule has 0 radical (unpaired) electrons. The monoisotopic (exact) mass is 392 g/mol. The van der Waals surface area contributed by atoms with E-state index in [1.165, 1.54) is 11.3 Å². The van der Waals surface area contributed by atoms with Crippen molar-refractivity contribution in [3.05, 3.63) is 45.6 Å². The predicted octanol–water partition coefficient (Wildman–Crippen LogP) is 2.78. The number of ether oxygens (including phenoxy) is 1. The Bertz CT molecular complexity index is 935. The number of carbonyl (C=O) groups is 2. The third kappa shape index (κ3) is 4.58. The Kier molecular flexibility index (Phi) is 5.49. The van der Waals surface area contributed by atoms with Crippen molar-refractivity contribution in [2.75, 3.05) is 11.9 Å². The number of para-hydroxylation sites is 1. The van der Waals surface area contributed by atoms with Crippen LogP contribution in [0.5, 0.6) is 0 Å². The van der Waals surface area contributed by atoms with E-state index in [2.05, 4.69) is 15.3 Å². The number of esters is 1. The summed E-state index contributed by atoms with van der Waals surface area (Å²) in [6.07, 6.45) is 1.58. The van der Waals surface area contributed by atoms with Crippen LogP contribution in [0.25, 0.3) is 10.2 Å². The van der Waals surface area contributed by atoms with Gasteiger partial charge >= 0.3 is 11.0 Å². The summed E-state index contributed by atoms with van der Waals surface area (Å²) in [5.74, 6) is -1.13. The molecule has 0 fully saturated rings. The number of nitrogens with zero attached hydrogens (tertiary/aromatic N) is 3. The summed E-state index contributed by atoms with van der Waals surface area (Å²) >= 11 is 2.23. The van der Waals surface area contributed by atoms with Crippen LogP contribution in [-0.2, 0) is 20.7 Å². The molecule has 2 aromatic heterocycles. The molecule has 1 aromatic carbocycles. The fourth-order valence-corrected chi connectivity index (χ4v) is 3.63. The van der Waals surface area contributed by atoms with Gasteiger partial charge in [0.15, 0.2) is 11.7 Å². The molecule has 2 heterocycles. The second kappa shape index (κ2) is 7.97. The molecule has 1 amide bonds. The number of hydrogen-bond acceptors (Lipinski definition) is 9. The second-order valence-corrected chi connectivity index (χ2v) is 7.17. The van der Waals surface area contributed by atoms with Crippen LogP contribution >= 0.6 is 22.7 Å². The van der Waals surface area contributed by atoms with Gasteiger partial charge in [0.2, 0.25) is 0 Å². The minimum Gasteiger partial charge on any atom is -0.456 e. The number of aromatic nitrogens is 2. The molecule has 3 aromatic rings. The summed E-state index contributed by atoms with van der Waals surface area (Å²) in [5.41, 5.74) is 0.887. The first-order chi connectivity index (χ1) is 12.5. The topological polar surface area (TPSA) is 124 Å². The van der Waals surface area contributed by atoms with Crippen molar-refractivity contribution in [2.24, 2.45) is 0 Å². The smallest absolute Gasteiger partial charge is 0.345 e. The lowest BCUT2D eigenvalue weighted by Gasteiger charge is -2.03. The number of nitrogens with one attached hydrogen (secondary N) is 1. The standard InChI is InChI=1S/C15H12N4O5S2/c20-11(18-15-16-7-13(26-15)19(22)23)8-24-14(21)6-5-12-17-9-3-1-2-4-10(9)25-12/h1-4,7H,5-6,8H2,(H,16,18,20). The van der Waals surface area contributed by atoms with Gasteiger partial charge < -0.3 is 4.74 Å². The Hall–Kier alpha value is -2.92. The van der Waals surface area contributed by atoms with E-state index < -0.39 is 23.4 Å². The molecule has 0 bridgehead atoms. The Morgan fingerprint density at radius 2 is 2.08 bits per heavy atom. The highest BCUT2D eigenvalue weighted by atomic mass is 32.1. The SMILES string of the molecule is O=C(COC(=O)CCc1nc2ccccc2s1)Nc1ncc([N+](=O)[O-])s1. The number of amides is 1. The number of aryl methyl sites for hydroxylation is 1. The zero-order valence-electron chi connectivity index (χ0n) is 13.2. The second-order valence-electron chi connectivity index (χ2n) is 5.04. The number of fused-ring (bicyclic) bond motifs is 1. The van der Waals surface area contributed by atoms with Crippen molar-refractivity contribution in [3.63, 3.8) is 0 Å². The van der Waals surface area contributed by atoms with Crippen molar-refractivity contribution >= 4 is 54.9 Å². The molecule has 0 aliphatic heterocycles. The van der Waals surface area contributed by atoms with Gasteiger partial charge in [-0.2, -0.15) is 0 Å². The summed E-state index contributed by atoms with van der Waals surface area (Å²) in [4.78, 5) is 41.5. The number of rotatable bonds is 7. The van der Waals surface area contributed by atoms with Gasteiger partial charge in [-0.25, -0.2) is 9.97 Å². The molecular formula is C15H12N4O5S2. The summed E-state index contributed by atoms with van der Waals surface area (Å²) in [5, 5.41) is 13.6. The van der Waals surface area contributed by atoms with Gasteiger partial charge in [-0.1, -0.05) is 12.1 Å². The van der Waals surface area contributed by atoms with Crippen LogP contribution in [0.1, 0.15) is 11.4 Å². The lowest BCUT2D eigenvalue weighted by atomic mass is 10.3. The third-order valence-corrected chi connectivity index (χ3v) is 5.13. The third-order valence-electron chi connectivity index (χ3n) is 3.17. The van der Waals surface area contributed by atoms with E-state index in [0.29, 0.717) is 6.42 Å². The van der Waals surface area contributed by atoms with Crippen LogP contribution in [0.3, 0.4) is 0 Å². The van der Waals surface area contributed by atoms with E-state index in [1.807, 2.05) is 24.3 Å². The molecule has 1 N–H and O–H groups in total. The highest BCUT2D eigenvalue weighted by Gasteiger charge is 2.15. The minimum atomic E-state index is -0.609. The van der Waals surface area contributed by atoms with Crippen molar-refractivity contribution in [1.29, 1.82) is 0 Å². The molecule has 26 heavy (non-hydrogen) atoms. The molecule has 134 valence electrons. The molecule has 9 nitrogen and oxygen atoms in total. The van der Waals surface area contributed by atoms with Crippen molar-refractivity contribution < 1.29 is 19.2 Å². The van der Waals surface area contributed by atoms with Gasteiger partial charge in [0.05, 0.1) is 26.6 Å². The van der Waals surface area contributed by atoms with Gasteiger partial charge in [-0.05, 0) is 23.5 Å². The van der Waals surface area contributed by atoms with Gasteiger partial charge in [-0.15, -0.1) is 11.3 Å². The number of hydrogen-bond donors (Lipinski definition) is 1. The lowest BCUT2D eigenvalue weighted by molar-refractivity contribution is -0.380. The van der Waals surface area contributed by atoms with Crippen LogP contribution in [-0.4, -0.2) is 33.4 Å². The van der Waals surface area contributed by atoms with Gasteiger partial charge in [0, 0.05) is 6.42 Å². The maximum absolute atomic E-state index is 11.8. The van der Waals surface area contributed by atoms with Crippen molar-refractivity contribution in [1.82, 2.24) is 9.97 Å². The quantitative estimate of drug-likeness (QED) is 0.372. The van der Waals surface area contributed by atoms with Crippen LogP contribution in [0.4, 0.5) is 10.1 Å². The van der Waals surface area contributed by atoms with E-state index in [1.54, 1.807) is 0 Å². The maximum atomic E-state index is 11.8. The van der Waals surface area contributed by atoms with E-state index in [-0.39, 0.29) is 16.6 Å². The highest BCUT2D eigenvalue weighted by molar-refractivity contribution is 7.19. The zero-order chi connectivity index (χ0) is 18.5. The van der Waals surface area contributed by atoms with Gasteiger partial charge in [0.1, 0.15) is 6.20 Å². The van der Waals surface area contributed by atoms with Crippen LogP contribution in [0.15, 0.2) is 30.5 Å². The van der Waals surface area contributed by atoms with E-state index in [0.717, 1.165) is 32.8 Å². The Morgan fingerprint density at radius 1 is 1.27 bits per heavy atom. The molecular weight excluding hydrogens is 380 g/mol. The van der Waals surface area contributed by atoms with Crippen LogP contribution < -0.4 is 5.32 Å². The first-order valence-corrected chi connectivity index (χ1v) is 9.04. The highest BCUT2D eigenvalue weighted by Crippen LogP contribution is 2.25. The molecule has 11 heteroatoms. The first-order valence-electron chi connectivity index (χ1n) is 7.41. The largest absolute Gasteiger partial charge is 0.456 e. The Labute approximate surface area is 154 Å². The summed E-state index contributed by atoms with van der Waals surface area (Å²) in [6, 6.07) is 7.69. The number of nitro groups is 1.